The zero-order valence-electron chi connectivity index (χ0n) is 28.6. The van der Waals surface area contributed by atoms with Gasteiger partial charge >= 0.3 is 0 Å². The molecule has 4 atom stereocenters. The second-order valence-electron chi connectivity index (χ2n) is 11.2. The van der Waals surface area contributed by atoms with Gasteiger partial charge in [0, 0.05) is 34.3 Å². The monoisotopic (exact) mass is 632 g/mol. The minimum absolute atomic E-state index is 0.00216. The summed E-state index contributed by atoms with van der Waals surface area (Å²) in [6.45, 7) is 14.2. The Morgan fingerprint density at radius 3 is 1.98 bits per heavy atom. The lowest BCUT2D eigenvalue weighted by Crippen LogP contribution is -2.54. The molecule has 0 aliphatic rings. The summed E-state index contributed by atoms with van der Waals surface area (Å²) in [7, 11) is 6.94. The van der Waals surface area contributed by atoms with Crippen LogP contribution < -0.4 is 11.1 Å². The molecule has 3 N–H and O–H groups in total. The van der Waals surface area contributed by atoms with Gasteiger partial charge in [-0.05, 0) is 25.8 Å². The second-order valence-corrected chi connectivity index (χ2v) is 11.2. The van der Waals surface area contributed by atoms with Crippen LogP contribution in [0.1, 0.15) is 47.5 Å². The van der Waals surface area contributed by atoms with Crippen molar-refractivity contribution in [1.29, 1.82) is 0 Å². The maximum Gasteiger partial charge on any atom is 0.242 e. The quantitative estimate of drug-likeness (QED) is 0.0574. The van der Waals surface area contributed by atoms with E-state index in [9.17, 15) is 14.4 Å². The molecule has 0 aromatic carbocycles. The Bertz CT molecular complexity index is 818. The molecule has 0 aromatic rings. The molecule has 258 valence electrons. The highest BCUT2D eigenvalue weighted by Crippen LogP contribution is 2.21. The summed E-state index contributed by atoms with van der Waals surface area (Å²) in [4.78, 5) is 48.3. The van der Waals surface area contributed by atoms with Crippen molar-refractivity contribution >= 4 is 24.1 Å². The zero-order chi connectivity index (χ0) is 33.5. The fourth-order valence-electron chi connectivity index (χ4n) is 4.58. The number of likely N-dealkylation sites (N-methyl/N-ethyl adjacent to an activating group) is 2. The lowest BCUT2D eigenvalue weighted by molar-refractivity contribution is -0.140. The molecule has 0 aliphatic heterocycles. The summed E-state index contributed by atoms with van der Waals surface area (Å²) < 4.78 is 22.2. The van der Waals surface area contributed by atoms with Crippen molar-refractivity contribution in [3.63, 3.8) is 0 Å². The fraction of sp³-hybridized carbons (Fsp3) is 0.867. The summed E-state index contributed by atoms with van der Waals surface area (Å²) in [6.07, 6.45) is 1.87. The molecule has 0 rings (SSSR count). The van der Waals surface area contributed by atoms with E-state index in [2.05, 4.69) is 10.5 Å². The number of carbonyl (C=O) groups excluding carboxylic acids is 3. The van der Waals surface area contributed by atoms with E-state index in [-0.39, 0.29) is 42.7 Å². The Morgan fingerprint density at radius 2 is 1.48 bits per heavy atom. The van der Waals surface area contributed by atoms with Crippen LogP contribution in [0.5, 0.6) is 0 Å². The summed E-state index contributed by atoms with van der Waals surface area (Å²) in [5, 5.41) is 6.63. The van der Waals surface area contributed by atoms with Crippen molar-refractivity contribution in [3.05, 3.63) is 0 Å². The zero-order valence-corrected chi connectivity index (χ0v) is 28.6. The first-order valence-corrected chi connectivity index (χ1v) is 15.5. The van der Waals surface area contributed by atoms with Crippen molar-refractivity contribution in [2.24, 2.45) is 22.7 Å². The van der Waals surface area contributed by atoms with E-state index < -0.39 is 18.1 Å². The number of rotatable bonds is 27. The SMILES string of the molecule is CCC(C)C(C(CC(N)=O)OC)N(C)C(=O)CNC(=O)C(C(C)C)N(C)CCOCCOCCOCCO/N=C/N(C)CC. The summed E-state index contributed by atoms with van der Waals surface area (Å²) in [5.74, 6) is -0.943. The van der Waals surface area contributed by atoms with Crippen molar-refractivity contribution in [2.45, 2.75) is 65.6 Å². The van der Waals surface area contributed by atoms with E-state index >= 15 is 0 Å². The van der Waals surface area contributed by atoms with Gasteiger partial charge in [-0.3, -0.25) is 19.3 Å². The number of oxime groups is 1. The third kappa shape index (κ3) is 17.7. The first kappa shape index (κ1) is 41.5. The first-order chi connectivity index (χ1) is 20.9. The summed E-state index contributed by atoms with van der Waals surface area (Å²) >= 11 is 0. The van der Waals surface area contributed by atoms with E-state index in [0.29, 0.717) is 52.8 Å². The van der Waals surface area contributed by atoms with E-state index in [1.165, 1.54) is 7.11 Å². The number of amides is 3. The summed E-state index contributed by atoms with van der Waals surface area (Å²) in [5.41, 5.74) is 5.41. The molecule has 4 unspecified atom stereocenters. The second kappa shape index (κ2) is 24.8. The number of primary amides is 1. The number of methoxy groups -OCH3 is 1. The molecule has 44 heavy (non-hydrogen) atoms. The standard InChI is InChI=1S/C30H60N6O8/c1-10-24(5)29(25(40-9)20-26(31)37)36(8)27(38)21-32-30(39)28(23(3)4)35(7)12-13-41-14-15-42-16-17-43-18-19-44-33-22-34(6)11-2/h22-25,28-29H,10-21H2,1-9H3,(H2,31,37)(H,32,39)/b33-22+. The van der Waals surface area contributed by atoms with Gasteiger partial charge in [0.25, 0.3) is 0 Å². The van der Waals surface area contributed by atoms with Gasteiger partial charge < -0.3 is 44.6 Å². The number of hydrogen-bond acceptors (Lipinski definition) is 10. The van der Waals surface area contributed by atoms with Gasteiger partial charge in [-0.25, -0.2) is 0 Å². The molecule has 0 radical (unpaired) electrons. The molecule has 14 nitrogen and oxygen atoms in total. The van der Waals surface area contributed by atoms with E-state index in [4.69, 9.17) is 29.5 Å². The maximum atomic E-state index is 13.1. The van der Waals surface area contributed by atoms with Crippen LogP contribution in [0.25, 0.3) is 0 Å². The van der Waals surface area contributed by atoms with Gasteiger partial charge in [-0.15, -0.1) is 0 Å². The van der Waals surface area contributed by atoms with Crippen LogP contribution in [-0.2, 0) is 38.2 Å². The van der Waals surface area contributed by atoms with E-state index in [1.807, 2.05) is 58.5 Å². The smallest absolute Gasteiger partial charge is 0.242 e. The van der Waals surface area contributed by atoms with Crippen LogP contribution in [0.2, 0.25) is 0 Å². The van der Waals surface area contributed by atoms with Crippen LogP contribution in [0.15, 0.2) is 5.16 Å². The van der Waals surface area contributed by atoms with Crippen molar-refractivity contribution in [2.75, 3.05) is 94.1 Å². The third-order valence-corrected chi connectivity index (χ3v) is 7.41. The van der Waals surface area contributed by atoms with Crippen LogP contribution in [0.4, 0.5) is 0 Å². The Labute approximate surface area is 264 Å². The third-order valence-electron chi connectivity index (χ3n) is 7.41. The molecule has 0 spiro atoms. The molecule has 0 saturated heterocycles. The number of ether oxygens (including phenoxy) is 4. The molecular formula is C30H60N6O8. The largest absolute Gasteiger partial charge is 0.392 e. The van der Waals surface area contributed by atoms with Crippen molar-refractivity contribution < 1.29 is 38.2 Å². The maximum absolute atomic E-state index is 13.1. The minimum Gasteiger partial charge on any atom is -0.392 e. The van der Waals surface area contributed by atoms with Crippen LogP contribution in [-0.4, -0.2) is 151 Å². The minimum atomic E-state index is -0.538. The normalized spacial score (nSPS) is 14.4. The van der Waals surface area contributed by atoms with Gasteiger partial charge in [0.15, 0.2) is 0 Å². The van der Waals surface area contributed by atoms with Crippen LogP contribution in [0, 0.1) is 11.8 Å². The van der Waals surface area contributed by atoms with Crippen molar-refractivity contribution in [3.8, 4) is 0 Å². The topological polar surface area (TPSA) is 157 Å². The Hall–Kier alpha value is -2.52. The molecule has 0 heterocycles. The lowest BCUT2D eigenvalue weighted by atomic mass is 9.91. The molecule has 0 aromatic heterocycles. The van der Waals surface area contributed by atoms with Crippen LogP contribution in [0.3, 0.4) is 0 Å². The lowest BCUT2D eigenvalue weighted by Gasteiger charge is -2.37. The summed E-state index contributed by atoms with van der Waals surface area (Å²) in [6, 6.07) is -0.809. The Kier molecular flexibility index (Phi) is 23.3. The highest BCUT2D eigenvalue weighted by atomic mass is 16.6. The van der Waals surface area contributed by atoms with Crippen molar-refractivity contribution in [1.82, 2.24) is 20.0 Å². The number of nitrogens with one attached hydrogen (secondary N) is 1. The average molecular weight is 633 g/mol. The van der Waals surface area contributed by atoms with Gasteiger partial charge in [0.1, 0.15) is 12.9 Å². The first-order valence-electron chi connectivity index (χ1n) is 15.5. The van der Waals surface area contributed by atoms with Gasteiger partial charge in [-0.1, -0.05) is 39.3 Å². The van der Waals surface area contributed by atoms with Gasteiger partial charge in [0.2, 0.25) is 17.7 Å². The highest BCUT2D eigenvalue weighted by Gasteiger charge is 2.34. The molecule has 3 amide bonds. The molecule has 0 bridgehead atoms. The van der Waals surface area contributed by atoms with Gasteiger partial charge in [-0.2, -0.15) is 0 Å². The number of nitrogens with two attached hydrogens (primary N) is 1. The number of hydrogen-bond donors (Lipinski definition) is 2. The number of carbonyl (C=O) groups is 3. The van der Waals surface area contributed by atoms with E-state index in [1.54, 1.807) is 18.3 Å². The Balaban J connectivity index is 4.47. The molecule has 0 fully saturated rings. The molecule has 0 saturated carbocycles. The Morgan fingerprint density at radius 1 is 0.909 bits per heavy atom. The average Bonchev–Trinajstić information content (AvgIpc) is 2.98. The van der Waals surface area contributed by atoms with Gasteiger partial charge in [0.05, 0.1) is 70.8 Å². The predicted octanol–water partition coefficient (Wildman–Crippen LogP) is 0.784. The predicted molar refractivity (Wildman–Crippen MR) is 170 cm³/mol. The van der Waals surface area contributed by atoms with Crippen LogP contribution >= 0.6 is 0 Å². The highest BCUT2D eigenvalue weighted by molar-refractivity contribution is 5.87. The molecule has 0 aliphatic carbocycles. The number of nitrogens with zero attached hydrogens (tertiary/aromatic N) is 4. The molecule has 14 heteroatoms. The molecular weight excluding hydrogens is 572 g/mol. The fourth-order valence-corrected chi connectivity index (χ4v) is 4.58. The van der Waals surface area contributed by atoms with E-state index in [0.717, 1.165) is 13.0 Å².